The van der Waals surface area contributed by atoms with E-state index in [1.807, 2.05) is 6.92 Å². The fraction of sp³-hybridized carbons (Fsp3) is 0.273. The van der Waals surface area contributed by atoms with Crippen LogP contribution in [0.4, 0.5) is 5.69 Å². The molecular weight excluding hydrogens is 214 g/mol. The van der Waals surface area contributed by atoms with Gasteiger partial charge in [0.15, 0.2) is 0 Å². The maximum atomic E-state index is 10.8. The van der Waals surface area contributed by atoms with E-state index < -0.39 is 5.97 Å². The second-order valence-electron chi connectivity index (χ2n) is 3.07. The third-order valence-corrected chi connectivity index (χ3v) is 2.07. The molecule has 4 heteroatoms. The van der Waals surface area contributed by atoms with Crippen molar-refractivity contribution in [3.63, 3.8) is 0 Å². The second kappa shape index (κ2) is 5.51. The number of benzene rings is 1. The molecule has 0 amide bonds. The SMILES string of the molecule is CCCC=Nc1cc(Cl)ccc1C(=O)O. The predicted molar refractivity (Wildman–Crippen MR) is 61.5 cm³/mol. The van der Waals surface area contributed by atoms with Gasteiger partial charge >= 0.3 is 5.97 Å². The molecule has 0 atom stereocenters. The smallest absolute Gasteiger partial charge is 0.337 e. The van der Waals surface area contributed by atoms with Gasteiger partial charge in [-0.2, -0.15) is 0 Å². The molecule has 0 spiro atoms. The van der Waals surface area contributed by atoms with Crippen LogP contribution in [0.5, 0.6) is 0 Å². The van der Waals surface area contributed by atoms with Gasteiger partial charge in [-0.15, -0.1) is 0 Å². The van der Waals surface area contributed by atoms with Gasteiger partial charge < -0.3 is 5.11 Å². The van der Waals surface area contributed by atoms with Gasteiger partial charge in [-0.1, -0.05) is 24.9 Å². The van der Waals surface area contributed by atoms with Crippen molar-refractivity contribution in [2.24, 2.45) is 4.99 Å². The Bertz CT molecular complexity index is 388. The molecule has 0 aliphatic carbocycles. The number of aromatic carboxylic acids is 1. The van der Waals surface area contributed by atoms with Crippen molar-refractivity contribution >= 4 is 29.5 Å². The standard InChI is InChI=1S/C11H12ClNO2/c1-2-3-6-13-10-7-8(12)4-5-9(10)11(14)15/h4-7H,2-3H2,1H3,(H,14,15). The predicted octanol–water partition coefficient (Wildman–Crippen LogP) is 3.54. The summed E-state index contributed by atoms with van der Waals surface area (Å²) in [5.74, 6) is -0.990. The number of rotatable bonds is 4. The number of carboxylic acids is 1. The van der Waals surface area contributed by atoms with Crippen LogP contribution < -0.4 is 0 Å². The van der Waals surface area contributed by atoms with E-state index in [4.69, 9.17) is 16.7 Å². The number of hydrogen-bond acceptors (Lipinski definition) is 2. The highest BCUT2D eigenvalue weighted by Crippen LogP contribution is 2.23. The topological polar surface area (TPSA) is 49.7 Å². The van der Waals surface area contributed by atoms with Crippen LogP contribution in [0.25, 0.3) is 0 Å². The largest absolute Gasteiger partial charge is 0.478 e. The van der Waals surface area contributed by atoms with Gasteiger partial charge in [0.1, 0.15) is 0 Å². The van der Waals surface area contributed by atoms with Crippen LogP contribution >= 0.6 is 11.6 Å². The Hall–Kier alpha value is -1.35. The van der Waals surface area contributed by atoms with Gasteiger partial charge in [-0.25, -0.2) is 4.79 Å². The van der Waals surface area contributed by atoms with Crippen molar-refractivity contribution in [2.75, 3.05) is 0 Å². The first kappa shape index (κ1) is 11.7. The lowest BCUT2D eigenvalue weighted by molar-refractivity contribution is 0.0698. The van der Waals surface area contributed by atoms with Crippen LogP contribution in [-0.4, -0.2) is 17.3 Å². The lowest BCUT2D eigenvalue weighted by Gasteiger charge is -2.00. The van der Waals surface area contributed by atoms with E-state index >= 15 is 0 Å². The quantitative estimate of drug-likeness (QED) is 0.797. The maximum absolute atomic E-state index is 10.8. The number of hydrogen-bond donors (Lipinski definition) is 1. The molecule has 80 valence electrons. The Balaban J connectivity index is 3.02. The molecule has 0 saturated carbocycles. The number of carbonyl (C=O) groups is 1. The van der Waals surface area contributed by atoms with Crippen LogP contribution in [0.1, 0.15) is 30.1 Å². The average molecular weight is 226 g/mol. The van der Waals surface area contributed by atoms with Crippen molar-refractivity contribution in [1.82, 2.24) is 0 Å². The van der Waals surface area contributed by atoms with Crippen molar-refractivity contribution in [1.29, 1.82) is 0 Å². The highest BCUT2D eigenvalue weighted by molar-refractivity contribution is 6.31. The van der Waals surface area contributed by atoms with E-state index in [0.717, 1.165) is 12.8 Å². The molecule has 0 unspecified atom stereocenters. The summed E-state index contributed by atoms with van der Waals surface area (Å²) >= 11 is 5.77. The van der Waals surface area contributed by atoms with Gasteiger partial charge in [0, 0.05) is 11.2 Å². The highest BCUT2D eigenvalue weighted by Gasteiger charge is 2.08. The normalized spacial score (nSPS) is 10.8. The molecule has 0 aliphatic rings. The van der Waals surface area contributed by atoms with Gasteiger partial charge in [0.05, 0.1) is 11.3 Å². The lowest BCUT2D eigenvalue weighted by atomic mass is 10.2. The molecule has 0 fully saturated rings. The molecule has 0 saturated heterocycles. The van der Waals surface area contributed by atoms with Crippen LogP contribution in [0, 0.1) is 0 Å². The summed E-state index contributed by atoms with van der Waals surface area (Å²) in [6, 6.07) is 4.56. The number of nitrogens with zero attached hydrogens (tertiary/aromatic N) is 1. The molecule has 0 bridgehead atoms. The number of unbranched alkanes of at least 4 members (excludes halogenated alkanes) is 1. The molecule has 0 aliphatic heterocycles. The fourth-order valence-electron chi connectivity index (χ4n) is 1.08. The number of carboxylic acid groups (broad SMARTS) is 1. The van der Waals surface area contributed by atoms with Crippen LogP contribution in [-0.2, 0) is 0 Å². The van der Waals surface area contributed by atoms with Crippen LogP contribution in [0.2, 0.25) is 5.02 Å². The Morgan fingerprint density at radius 2 is 2.33 bits per heavy atom. The first-order valence-corrected chi connectivity index (χ1v) is 5.08. The molecule has 1 aromatic carbocycles. The maximum Gasteiger partial charge on any atom is 0.337 e. The van der Waals surface area contributed by atoms with Gasteiger partial charge in [0.25, 0.3) is 0 Å². The zero-order valence-electron chi connectivity index (χ0n) is 8.40. The van der Waals surface area contributed by atoms with E-state index in [1.165, 1.54) is 6.07 Å². The summed E-state index contributed by atoms with van der Waals surface area (Å²) in [6.07, 6.45) is 3.51. The molecule has 1 aromatic rings. The summed E-state index contributed by atoms with van der Waals surface area (Å²) in [4.78, 5) is 14.9. The van der Waals surface area contributed by atoms with E-state index in [0.29, 0.717) is 10.7 Å². The molecule has 0 radical (unpaired) electrons. The van der Waals surface area contributed by atoms with Crippen molar-refractivity contribution < 1.29 is 9.90 Å². The second-order valence-corrected chi connectivity index (χ2v) is 3.50. The fourth-order valence-corrected chi connectivity index (χ4v) is 1.25. The zero-order chi connectivity index (χ0) is 11.3. The first-order chi connectivity index (χ1) is 7.15. The number of halogens is 1. The summed E-state index contributed by atoms with van der Waals surface area (Å²) in [5.41, 5.74) is 0.579. The van der Waals surface area contributed by atoms with E-state index in [1.54, 1.807) is 18.3 Å². The minimum atomic E-state index is -0.990. The molecule has 0 heterocycles. The Morgan fingerprint density at radius 3 is 2.93 bits per heavy atom. The summed E-state index contributed by atoms with van der Waals surface area (Å²) in [6.45, 7) is 2.03. The van der Waals surface area contributed by atoms with Crippen molar-refractivity contribution in [2.45, 2.75) is 19.8 Å². The molecule has 1 rings (SSSR count). The molecule has 3 nitrogen and oxygen atoms in total. The lowest BCUT2D eigenvalue weighted by Crippen LogP contribution is -1.96. The van der Waals surface area contributed by atoms with E-state index in [-0.39, 0.29) is 5.56 Å². The number of aliphatic imine (C=N–C) groups is 1. The minimum absolute atomic E-state index is 0.173. The van der Waals surface area contributed by atoms with Crippen LogP contribution in [0.15, 0.2) is 23.2 Å². The Morgan fingerprint density at radius 1 is 1.60 bits per heavy atom. The van der Waals surface area contributed by atoms with E-state index in [2.05, 4.69) is 4.99 Å². The summed E-state index contributed by atoms with van der Waals surface area (Å²) in [7, 11) is 0. The molecular formula is C11H12ClNO2. The van der Waals surface area contributed by atoms with E-state index in [9.17, 15) is 4.79 Å². The molecule has 1 N–H and O–H groups in total. The molecule has 15 heavy (non-hydrogen) atoms. The third-order valence-electron chi connectivity index (χ3n) is 1.84. The van der Waals surface area contributed by atoms with Crippen LogP contribution in [0.3, 0.4) is 0 Å². The van der Waals surface area contributed by atoms with Crippen molar-refractivity contribution in [3.05, 3.63) is 28.8 Å². The van der Waals surface area contributed by atoms with Gasteiger partial charge in [-0.3, -0.25) is 4.99 Å². The Kier molecular flexibility index (Phi) is 4.31. The molecule has 0 aromatic heterocycles. The summed E-state index contributed by atoms with van der Waals surface area (Å²) < 4.78 is 0. The first-order valence-electron chi connectivity index (χ1n) is 4.70. The third kappa shape index (κ3) is 3.36. The monoisotopic (exact) mass is 225 g/mol. The van der Waals surface area contributed by atoms with Gasteiger partial charge in [-0.05, 0) is 24.6 Å². The minimum Gasteiger partial charge on any atom is -0.478 e. The Labute approximate surface area is 93.4 Å². The average Bonchev–Trinajstić information content (AvgIpc) is 2.18. The summed E-state index contributed by atoms with van der Waals surface area (Å²) in [5, 5.41) is 9.39. The van der Waals surface area contributed by atoms with Gasteiger partial charge in [0.2, 0.25) is 0 Å². The zero-order valence-corrected chi connectivity index (χ0v) is 9.16. The van der Waals surface area contributed by atoms with Crippen molar-refractivity contribution in [3.8, 4) is 0 Å². The highest BCUT2D eigenvalue weighted by atomic mass is 35.5.